The number of amides is 1. The van der Waals surface area contributed by atoms with Gasteiger partial charge in [-0.3, -0.25) is 4.79 Å². The average molecular weight is 277 g/mol. The van der Waals surface area contributed by atoms with Gasteiger partial charge in [-0.15, -0.1) is 11.3 Å². The summed E-state index contributed by atoms with van der Waals surface area (Å²) in [5.41, 5.74) is 2.21. The van der Waals surface area contributed by atoms with E-state index in [4.69, 9.17) is 0 Å². The highest BCUT2D eigenvalue weighted by Crippen LogP contribution is 2.17. The fraction of sp³-hybridized carbons (Fsp3) is 0.267. The first-order chi connectivity index (χ1) is 9.11. The minimum absolute atomic E-state index is 0.106. The number of carbonyl (C=O) groups excluding carboxylic acids is 1. The van der Waals surface area contributed by atoms with Crippen LogP contribution < -0.4 is 5.32 Å². The number of thiophene rings is 1. The lowest BCUT2D eigenvalue weighted by Crippen LogP contribution is -2.24. The highest BCUT2D eigenvalue weighted by atomic mass is 32.1. The van der Waals surface area contributed by atoms with Crippen LogP contribution in [0.2, 0.25) is 0 Å². The second kappa shape index (κ2) is 5.97. The summed E-state index contributed by atoms with van der Waals surface area (Å²) in [6, 6.07) is 6.60. The summed E-state index contributed by atoms with van der Waals surface area (Å²) in [4.78, 5) is 13.1. The molecule has 100 valence electrons. The highest BCUT2D eigenvalue weighted by Gasteiger charge is 2.12. The monoisotopic (exact) mass is 277 g/mol. The molecule has 2 nitrogen and oxygen atoms in total. The fourth-order valence-electron chi connectivity index (χ4n) is 1.91. The minimum Gasteiger partial charge on any atom is -0.347 e. The SMILES string of the molecule is CCc1ccsc1CNC(=O)c1cc(C)ccc1F. The van der Waals surface area contributed by atoms with E-state index >= 15 is 0 Å². The van der Waals surface area contributed by atoms with Crippen LogP contribution in [-0.4, -0.2) is 5.91 Å². The van der Waals surface area contributed by atoms with Crippen molar-refractivity contribution in [1.29, 1.82) is 0 Å². The van der Waals surface area contributed by atoms with Gasteiger partial charge in [0.15, 0.2) is 0 Å². The van der Waals surface area contributed by atoms with Crippen molar-refractivity contribution in [2.75, 3.05) is 0 Å². The first-order valence-electron chi connectivity index (χ1n) is 6.21. The van der Waals surface area contributed by atoms with E-state index in [1.807, 2.05) is 12.3 Å². The third-order valence-electron chi connectivity index (χ3n) is 2.99. The summed E-state index contributed by atoms with van der Waals surface area (Å²) in [5.74, 6) is -0.846. The molecule has 0 bridgehead atoms. The standard InChI is InChI=1S/C15H16FNOS/c1-3-11-6-7-19-14(11)9-17-15(18)12-8-10(2)4-5-13(12)16/h4-8H,3,9H2,1-2H3,(H,17,18). The average Bonchev–Trinajstić information content (AvgIpc) is 2.86. The van der Waals surface area contributed by atoms with Crippen LogP contribution in [0.1, 0.15) is 33.3 Å². The van der Waals surface area contributed by atoms with Gasteiger partial charge < -0.3 is 5.32 Å². The van der Waals surface area contributed by atoms with Crippen molar-refractivity contribution in [3.05, 3.63) is 57.0 Å². The van der Waals surface area contributed by atoms with Gasteiger partial charge in [0.1, 0.15) is 5.82 Å². The number of hydrogen-bond donors (Lipinski definition) is 1. The molecule has 1 heterocycles. The molecule has 0 atom stereocenters. The van der Waals surface area contributed by atoms with E-state index in [9.17, 15) is 9.18 Å². The Morgan fingerprint density at radius 2 is 2.16 bits per heavy atom. The maximum Gasteiger partial charge on any atom is 0.254 e. The van der Waals surface area contributed by atoms with Crippen molar-refractivity contribution in [3.8, 4) is 0 Å². The predicted molar refractivity (Wildman–Crippen MR) is 76.0 cm³/mol. The molecule has 2 rings (SSSR count). The summed E-state index contributed by atoms with van der Waals surface area (Å²) in [7, 11) is 0. The second-order valence-electron chi connectivity index (χ2n) is 4.39. The molecule has 0 radical (unpaired) electrons. The zero-order chi connectivity index (χ0) is 13.8. The molecular weight excluding hydrogens is 261 g/mol. The first kappa shape index (κ1) is 13.7. The van der Waals surface area contributed by atoms with Crippen LogP contribution >= 0.6 is 11.3 Å². The number of nitrogens with one attached hydrogen (secondary N) is 1. The van der Waals surface area contributed by atoms with Crippen LogP contribution in [0.3, 0.4) is 0 Å². The lowest BCUT2D eigenvalue weighted by Gasteiger charge is -2.07. The maximum atomic E-state index is 13.6. The van der Waals surface area contributed by atoms with Crippen LogP contribution in [0.15, 0.2) is 29.6 Å². The van der Waals surface area contributed by atoms with Gasteiger partial charge in [0.25, 0.3) is 5.91 Å². The van der Waals surface area contributed by atoms with E-state index in [2.05, 4.69) is 18.3 Å². The molecule has 19 heavy (non-hydrogen) atoms. The van der Waals surface area contributed by atoms with Crippen molar-refractivity contribution in [2.24, 2.45) is 0 Å². The fourth-order valence-corrected chi connectivity index (χ4v) is 2.82. The third-order valence-corrected chi connectivity index (χ3v) is 3.96. The number of carbonyl (C=O) groups is 1. The summed E-state index contributed by atoms with van der Waals surface area (Å²) in [5, 5.41) is 4.78. The highest BCUT2D eigenvalue weighted by molar-refractivity contribution is 7.10. The van der Waals surface area contributed by atoms with Gasteiger partial charge in [-0.2, -0.15) is 0 Å². The molecule has 4 heteroatoms. The quantitative estimate of drug-likeness (QED) is 0.907. The van der Waals surface area contributed by atoms with E-state index in [0.29, 0.717) is 6.54 Å². The van der Waals surface area contributed by atoms with Crippen LogP contribution in [0.4, 0.5) is 4.39 Å². The molecule has 0 unspecified atom stereocenters. The largest absolute Gasteiger partial charge is 0.347 e. The van der Waals surface area contributed by atoms with Crippen molar-refractivity contribution in [2.45, 2.75) is 26.8 Å². The number of benzene rings is 1. The Hall–Kier alpha value is -1.68. The Morgan fingerprint density at radius 1 is 1.37 bits per heavy atom. The van der Waals surface area contributed by atoms with Crippen molar-refractivity contribution < 1.29 is 9.18 Å². The number of hydrogen-bond acceptors (Lipinski definition) is 2. The molecule has 1 aromatic carbocycles. The smallest absolute Gasteiger partial charge is 0.254 e. The molecule has 0 aliphatic heterocycles. The molecule has 1 amide bonds. The lowest BCUT2D eigenvalue weighted by atomic mass is 10.1. The van der Waals surface area contributed by atoms with E-state index < -0.39 is 5.82 Å². The van der Waals surface area contributed by atoms with Gasteiger partial charge in [0, 0.05) is 4.88 Å². The molecule has 0 saturated heterocycles. The molecule has 0 fully saturated rings. The maximum absolute atomic E-state index is 13.6. The van der Waals surface area contributed by atoms with E-state index in [1.165, 1.54) is 11.6 Å². The summed E-state index contributed by atoms with van der Waals surface area (Å²) < 4.78 is 13.6. The van der Waals surface area contributed by atoms with Crippen LogP contribution in [0.25, 0.3) is 0 Å². The Morgan fingerprint density at radius 3 is 2.89 bits per heavy atom. The normalized spacial score (nSPS) is 10.5. The summed E-state index contributed by atoms with van der Waals surface area (Å²) >= 11 is 1.61. The van der Waals surface area contributed by atoms with E-state index in [0.717, 1.165) is 16.9 Å². The molecule has 1 aromatic heterocycles. The second-order valence-corrected chi connectivity index (χ2v) is 5.39. The Bertz CT molecular complexity index is 592. The number of aryl methyl sites for hydroxylation is 2. The first-order valence-corrected chi connectivity index (χ1v) is 7.09. The van der Waals surface area contributed by atoms with Crippen LogP contribution in [0, 0.1) is 12.7 Å². The van der Waals surface area contributed by atoms with Crippen LogP contribution in [0.5, 0.6) is 0 Å². The zero-order valence-corrected chi connectivity index (χ0v) is 11.8. The summed E-state index contributed by atoms with van der Waals surface area (Å²) in [6.07, 6.45) is 0.938. The molecule has 1 N–H and O–H groups in total. The summed E-state index contributed by atoms with van der Waals surface area (Å²) in [6.45, 7) is 4.37. The Balaban J connectivity index is 2.07. The topological polar surface area (TPSA) is 29.1 Å². The van der Waals surface area contributed by atoms with E-state index in [1.54, 1.807) is 23.5 Å². The molecule has 0 spiro atoms. The van der Waals surface area contributed by atoms with Gasteiger partial charge in [0.2, 0.25) is 0 Å². The minimum atomic E-state index is -0.481. The Labute approximate surface area is 116 Å². The number of rotatable bonds is 4. The van der Waals surface area contributed by atoms with Gasteiger partial charge in [-0.05, 0) is 42.5 Å². The van der Waals surface area contributed by atoms with Crippen LogP contribution in [-0.2, 0) is 13.0 Å². The molecule has 2 aromatic rings. The predicted octanol–water partition coefficient (Wildman–Crippen LogP) is 3.69. The van der Waals surface area contributed by atoms with Gasteiger partial charge >= 0.3 is 0 Å². The van der Waals surface area contributed by atoms with Crippen molar-refractivity contribution in [3.63, 3.8) is 0 Å². The Kier molecular flexibility index (Phi) is 4.32. The van der Waals surface area contributed by atoms with Crippen molar-refractivity contribution in [1.82, 2.24) is 5.32 Å². The third kappa shape index (κ3) is 3.20. The van der Waals surface area contributed by atoms with Crippen molar-refractivity contribution >= 4 is 17.2 Å². The van der Waals surface area contributed by atoms with Gasteiger partial charge in [-0.25, -0.2) is 4.39 Å². The molecule has 0 aliphatic carbocycles. The molecule has 0 saturated carbocycles. The zero-order valence-electron chi connectivity index (χ0n) is 11.0. The molecular formula is C15H16FNOS. The molecule has 0 aliphatic rings. The lowest BCUT2D eigenvalue weighted by molar-refractivity contribution is 0.0947. The van der Waals surface area contributed by atoms with E-state index in [-0.39, 0.29) is 11.5 Å². The van der Waals surface area contributed by atoms with Gasteiger partial charge in [0.05, 0.1) is 12.1 Å². The number of halogens is 1. The van der Waals surface area contributed by atoms with Gasteiger partial charge in [-0.1, -0.05) is 18.6 Å².